The molecule has 2 N–H and O–H groups in total. The molecular formula is C7H16N2. The van der Waals surface area contributed by atoms with E-state index in [4.69, 9.17) is 5.73 Å². The van der Waals surface area contributed by atoms with E-state index in [0.717, 1.165) is 6.42 Å². The van der Waals surface area contributed by atoms with Crippen LogP contribution in [0.25, 0.3) is 0 Å². The van der Waals surface area contributed by atoms with Crippen molar-refractivity contribution >= 4 is 0 Å². The highest BCUT2D eigenvalue weighted by molar-refractivity contribution is 4.78. The summed E-state index contributed by atoms with van der Waals surface area (Å²) in [5.74, 6) is 0. The zero-order valence-electron chi connectivity index (χ0n) is 6.30. The monoisotopic (exact) mass is 128 g/mol. The zero-order valence-corrected chi connectivity index (χ0v) is 6.30. The third-order valence-corrected chi connectivity index (χ3v) is 2.25. The molecule has 2 atom stereocenters. The first kappa shape index (κ1) is 7.03. The summed E-state index contributed by atoms with van der Waals surface area (Å²) in [6.45, 7) is 3.40. The molecule has 2 nitrogen and oxygen atoms in total. The Balaban J connectivity index is 2.35. The van der Waals surface area contributed by atoms with Gasteiger partial charge < -0.3 is 10.6 Å². The largest absolute Gasteiger partial charge is 0.328 e. The van der Waals surface area contributed by atoms with Gasteiger partial charge in [-0.1, -0.05) is 0 Å². The molecule has 1 aliphatic heterocycles. The van der Waals surface area contributed by atoms with Crippen LogP contribution in [0.4, 0.5) is 0 Å². The van der Waals surface area contributed by atoms with E-state index in [1.165, 1.54) is 13.0 Å². The van der Waals surface area contributed by atoms with Crippen molar-refractivity contribution in [2.24, 2.45) is 5.73 Å². The lowest BCUT2D eigenvalue weighted by Crippen LogP contribution is -2.43. The molecule has 0 radical (unpaired) electrons. The summed E-state index contributed by atoms with van der Waals surface area (Å²) in [7, 11) is 2.16. The Bertz CT molecular complexity index is 92.9. The van der Waals surface area contributed by atoms with Crippen LogP contribution in [0.1, 0.15) is 19.8 Å². The molecule has 9 heavy (non-hydrogen) atoms. The average molecular weight is 128 g/mol. The maximum atomic E-state index is 5.76. The van der Waals surface area contributed by atoms with E-state index in [-0.39, 0.29) is 0 Å². The van der Waals surface area contributed by atoms with Gasteiger partial charge in [-0.15, -0.1) is 0 Å². The summed E-state index contributed by atoms with van der Waals surface area (Å²) in [5, 5.41) is 0. The fourth-order valence-electron chi connectivity index (χ4n) is 1.33. The van der Waals surface area contributed by atoms with Crippen LogP contribution in [0.15, 0.2) is 0 Å². The lowest BCUT2D eigenvalue weighted by atomic mass is 10.0. The summed E-state index contributed by atoms with van der Waals surface area (Å²) in [4.78, 5) is 2.36. The van der Waals surface area contributed by atoms with Gasteiger partial charge in [0.15, 0.2) is 0 Å². The molecule has 1 heterocycles. The minimum atomic E-state index is 0.455. The highest BCUT2D eigenvalue weighted by Crippen LogP contribution is 2.12. The number of hydrogen-bond acceptors (Lipinski definition) is 2. The van der Waals surface area contributed by atoms with E-state index in [2.05, 4.69) is 18.9 Å². The Morgan fingerprint density at radius 1 is 1.56 bits per heavy atom. The summed E-state index contributed by atoms with van der Waals surface area (Å²) < 4.78 is 0. The lowest BCUT2D eigenvalue weighted by Gasteiger charge is -2.33. The van der Waals surface area contributed by atoms with E-state index >= 15 is 0 Å². The molecule has 0 amide bonds. The second kappa shape index (κ2) is 2.67. The molecule has 0 aromatic heterocycles. The van der Waals surface area contributed by atoms with Crippen molar-refractivity contribution in [3.63, 3.8) is 0 Å². The van der Waals surface area contributed by atoms with Crippen LogP contribution in [-0.2, 0) is 0 Å². The third-order valence-electron chi connectivity index (χ3n) is 2.25. The van der Waals surface area contributed by atoms with Crippen LogP contribution in [0.5, 0.6) is 0 Å². The molecule has 0 aromatic carbocycles. The molecule has 2 heteroatoms. The third kappa shape index (κ3) is 1.66. The van der Waals surface area contributed by atoms with Gasteiger partial charge in [0.1, 0.15) is 0 Å². The smallest absolute Gasteiger partial charge is 0.00786 e. The Kier molecular flexibility index (Phi) is 2.09. The van der Waals surface area contributed by atoms with Gasteiger partial charge in [0.2, 0.25) is 0 Å². The lowest BCUT2D eigenvalue weighted by molar-refractivity contribution is 0.184. The molecule has 0 bridgehead atoms. The van der Waals surface area contributed by atoms with Crippen molar-refractivity contribution in [1.82, 2.24) is 4.90 Å². The summed E-state index contributed by atoms with van der Waals surface area (Å²) in [5.41, 5.74) is 5.76. The number of rotatable bonds is 0. The minimum Gasteiger partial charge on any atom is -0.328 e. The number of nitrogens with two attached hydrogens (primary N) is 1. The van der Waals surface area contributed by atoms with Crippen molar-refractivity contribution in [2.45, 2.75) is 31.8 Å². The van der Waals surface area contributed by atoms with E-state index in [1.54, 1.807) is 0 Å². The molecule has 0 aromatic rings. The SMILES string of the molecule is C[C@@H]1C[C@@H](N)CCN1C. The summed E-state index contributed by atoms with van der Waals surface area (Å²) in [6.07, 6.45) is 2.33. The second-order valence-electron chi connectivity index (χ2n) is 3.11. The second-order valence-corrected chi connectivity index (χ2v) is 3.11. The topological polar surface area (TPSA) is 29.3 Å². The number of nitrogens with zero attached hydrogens (tertiary/aromatic N) is 1. The van der Waals surface area contributed by atoms with Crippen LogP contribution in [-0.4, -0.2) is 30.6 Å². The van der Waals surface area contributed by atoms with Crippen LogP contribution in [0.2, 0.25) is 0 Å². The molecule has 0 saturated carbocycles. The molecule has 1 saturated heterocycles. The van der Waals surface area contributed by atoms with E-state index in [9.17, 15) is 0 Å². The van der Waals surface area contributed by atoms with Crippen molar-refractivity contribution in [3.8, 4) is 0 Å². The molecule has 1 fully saturated rings. The quantitative estimate of drug-likeness (QED) is 0.512. The highest BCUT2D eigenvalue weighted by atomic mass is 15.1. The Labute approximate surface area is 57.0 Å². The van der Waals surface area contributed by atoms with E-state index in [0.29, 0.717) is 12.1 Å². The van der Waals surface area contributed by atoms with Crippen LogP contribution in [0, 0.1) is 0 Å². The van der Waals surface area contributed by atoms with Crippen molar-refractivity contribution in [3.05, 3.63) is 0 Å². The van der Waals surface area contributed by atoms with Gasteiger partial charge in [0.05, 0.1) is 0 Å². The minimum absolute atomic E-state index is 0.455. The van der Waals surface area contributed by atoms with Gasteiger partial charge in [-0.2, -0.15) is 0 Å². The van der Waals surface area contributed by atoms with Crippen molar-refractivity contribution < 1.29 is 0 Å². The fraction of sp³-hybridized carbons (Fsp3) is 1.00. The first-order valence-corrected chi connectivity index (χ1v) is 3.66. The molecule has 54 valence electrons. The first-order chi connectivity index (χ1) is 4.20. The number of likely N-dealkylation sites (tertiary alicyclic amines) is 1. The van der Waals surface area contributed by atoms with E-state index in [1.807, 2.05) is 0 Å². The van der Waals surface area contributed by atoms with Crippen molar-refractivity contribution in [1.29, 1.82) is 0 Å². The van der Waals surface area contributed by atoms with Gasteiger partial charge in [0.25, 0.3) is 0 Å². The average Bonchev–Trinajstić information content (AvgIpc) is 1.80. The van der Waals surface area contributed by atoms with Crippen LogP contribution >= 0.6 is 0 Å². The van der Waals surface area contributed by atoms with Gasteiger partial charge in [-0.3, -0.25) is 0 Å². The zero-order chi connectivity index (χ0) is 6.85. The Morgan fingerprint density at radius 2 is 2.22 bits per heavy atom. The molecule has 0 spiro atoms. The van der Waals surface area contributed by atoms with Crippen LogP contribution in [0.3, 0.4) is 0 Å². The molecule has 1 rings (SSSR count). The van der Waals surface area contributed by atoms with Gasteiger partial charge in [-0.05, 0) is 33.4 Å². The van der Waals surface area contributed by atoms with E-state index < -0.39 is 0 Å². The maximum Gasteiger partial charge on any atom is 0.00786 e. The van der Waals surface area contributed by atoms with Gasteiger partial charge in [0, 0.05) is 12.1 Å². The normalized spacial score (nSPS) is 39.0. The van der Waals surface area contributed by atoms with Gasteiger partial charge in [-0.25, -0.2) is 0 Å². The summed E-state index contributed by atoms with van der Waals surface area (Å²) >= 11 is 0. The number of hydrogen-bond donors (Lipinski definition) is 1. The highest BCUT2D eigenvalue weighted by Gasteiger charge is 2.18. The van der Waals surface area contributed by atoms with Gasteiger partial charge >= 0.3 is 0 Å². The Hall–Kier alpha value is -0.0800. The molecule has 1 aliphatic rings. The summed E-state index contributed by atoms with van der Waals surface area (Å²) in [6, 6.07) is 1.14. The maximum absolute atomic E-state index is 5.76. The molecular weight excluding hydrogens is 112 g/mol. The van der Waals surface area contributed by atoms with Crippen molar-refractivity contribution in [2.75, 3.05) is 13.6 Å². The predicted octanol–water partition coefficient (Wildman–Crippen LogP) is 0.428. The molecule has 0 aliphatic carbocycles. The first-order valence-electron chi connectivity index (χ1n) is 3.66. The number of piperidine rings is 1. The Morgan fingerprint density at radius 3 is 2.67 bits per heavy atom. The predicted molar refractivity (Wildman–Crippen MR) is 39.3 cm³/mol. The fourth-order valence-corrected chi connectivity index (χ4v) is 1.33. The molecule has 0 unspecified atom stereocenters. The standard InChI is InChI=1S/C7H16N2/c1-6-5-7(8)3-4-9(6)2/h6-7H,3-5,8H2,1-2H3/t6-,7+/m1/s1. The van der Waals surface area contributed by atoms with Crippen LogP contribution < -0.4 is 5.73 Å².